The van der Waals surface area contributed by atoms with Crippen LogP contribution in [-0.4, -0.2) is 17.3 Å². The number of hydrogen-bond donors (Lipinski definition) is 0. The number of carbonyl (C=O) groups is 1. The van der Waals surface area contributed by atoms with Crippen LogP contribution in [0.25, 0.3) is 10.9 Å². The fraction of sp³-hybridized carbons (Fsp3) is 0.154. The largest absolute Gasteiger partial charge is 0.445 e. The maximum atomic E-state index is 11.7. The maximum Gasteiger partial charge on any atom is 0.418 e. The molecule has 0 saturated carbocycles. The molecular weight excluding hydrogens is 202 g/mol. The summed E-state index contributed by atoms with van der Waals surface area (Å²) < 4.78 is 6.58. The molecule has 3 heteroatoms. The van der Waals surface area contributed by atoms with Gasteiger partial charge in [-0.25, -0.2) is 4.79 Å². The van der Waals surface area contributed by atoms with Crippen LogP contribution in [0.5, 0.6) is 0 Å². The van der Waals surface area contributed by atoms with Gasteiger partial charge in [0.05, 0.1) is 5.52 Å². The van der Waals surface area contributed by atoms with Gasteiger partial charge in [-0.1, -0.05) is 30.4 Å². The molecule has 1 aromatic carbocycles. The lowest BCUT2D eigenvalue weighted by Crippen LogP contribution is -2.12. The van der Waals surface area contributed by atoms with E-state index in [4.69, 9.17) is 4.74 Å². The summed E-state index contributed by atoms with van der Waals surface area (Å²) in [4.78, 5) is 11.7. The van der Waals surface area contributed by atoms with E-state index in [-0.39, 0.29) is 6.09 Å². The smallest absolute Gasteiger partial charge is 0.418 e. The molecule has 16 heavy (non-hydrogen) atoms. The average molecular weight is 215 g/mol. The summed E-state index contributed by atoms with van der Waals surface area (Å²) in [6.45, 7) is 2.20. The van der Waals surface area contributed by atoms with Crippen molar-refractivity contribution in [3.63, 3.8) is 0 Å². The first-order valence-corrected chi connectivity index (χ1v) is 5.17. The SMILES string of the molecule is C/C=C\COC(=O)n1ccc2ccccc21. The first-order valence-electron chi connectivity index (χ1n) is 5.17. The first-order chi connectivity index (χ1) is 7.83. The molecule has 0 amide bonds. The van der Waals surface area contributed by atoms with Crippen LogP contribution in [0.4, 0.5) is 4.79 Å². The fourth-order valence-electron chi connectivity index (χ4n) is 1.53. The van der Waals surface area contributed by atoms with Crippen LogP contribution in [-0.2, 0) is 4.74 Å². The van der Waals surface area contributed by atoms with E-state index >= 15 is 0 Å². The molecule has 1 aromatic heterocycles. The minimum Gasteiger partial charge on any atom is -0.445 e. The Morgan fingerprint density at radius 3 is 3.00 bits per heavy atom. The summed E-state index contributed by atoms with van der Waals surface area (Å²) in [6, 6.07) is 9.60. The number of ether oxygens (including phenoxy) is 1. The van der Waals surface area contributed by atoms with E-state index in [1.165, 1.54) is 4.57 Å². The van der Waals surface area contributed by atoms with Crippen molar-refractivity contribution in [2.24, 2.45) is 0 Å². The third-order valence-electron chi connectivity index (χ3n) is 2.33. The molecule has 3 nitrogen and oxygen atoms in total. The summed E-state index contributed by atoms with van der Waals surface area (Å²) in [5, 5.41) is 1.03. The van der Waals surface area contributed by atoms with Crippen LogP contribution in [0.1, 0.15) is 6.92 Å². The molecule has 2 rings (SSSR count). The van der Waals surface area contributed by atoms with E-state index in [0.717, 1.165) is 10.9 Å². The third kappa shape index (κ3) is 1.98. The van der Waals surface area contributed by atoms with Crippen LogP contribution in [0.2, 0.25) is 0 Å². The van der Waals surface area contributed by atoms with Crippen LogP contribution in [0, 0.1) is 0 Å². The zero-order valence-electron chi connectivity index (χ0n) is 9.09. The van der Waals surface area contributed by atoms with Gasteiger partial charge in [-0.3, -0.25) is 4.57 Å². The Hall–Kier alpha value is -2.03. The van der Waals surface area contributed by atoms with Crippen molar-refractivity contribution < 1.29 is 9.53 Å². The summed E-state index contributed by atoms with van der Waals surface area (Å²) in [7, 11) is 0. The van der Waals surface area contributed by atoms with Crippen LogP contribution in [0.3, 0.4) is 0 Å². The standard InChI is InChI=1S/C13H13NO2/c1-2-3-10-16-13(15)14-9-8-11-6-4-5-7-12(11)14/h2-9H,10H2,1H3/b3-2-. The Kier molecular flexibility index (Phi) is 3.05. The minimum absolute atomic E-state index is 0.307. The van der Waals surface area contributed by atoms with E-state index in [1.54, 1.807) is 12.3 Å². The first kappa shape index (κ1) is 10.5. The molecule has 0 saturated heterocycles. The van der Waals surface area contributed by atoms with E-state index < -0.39 is 0 Å². The summed E-state index contributed by atoms with van der Waals surface area (Å²) in [5.41, 5.74) is 0.868. The second kappa shape index (κ2) is 4.66. The van der Waals surface area contributed by atoms with Crippen molar-refractivity contribution in [2.45, 2.75) is 6.92 Å². The lowest BCUT2D eigenvalue weighted by molar-refractivity contribution is 0.161. The number of rotatable bonds is 2. The number of carbonyl (C=O) groups excluding carboxylic acids is 1. The average Bonchev–Trinajstić information content (AvgIpc) is 2.73. The van der Waals surface area contributed by atoms with E-state index in [1.807, 2.05) is 43.3 Å². The highest BCUT2D eigenvalue weighted by Gasteiger charge is 2.08. The highest BCUT2D eigenvalue weighted by Crippen LogP contribution is 2.15. The molecule has 0 radical (unpaired) electrons. The van der Waals surface area contributed by atoms with Gasteiger partial charge in [0.25, 0.3) is 0 Å². The van der Waals surface area contributed by atoms with Crippen LogP contribution >= 0.6 is 0 Å². The zero-order chi connectivity index (χ0) is 11.4. The summed E-state index contributed by atoms with van der Waals surface area (Å²) in [6.07, 6.45) is 5.02. The van der Waals surface area contributed by atoms with Gasteiger partial charge in [0.1, 0.15) is 6.61 Å². The van der Waals surface area contributed by atoms with Crippen molar-refractivity contribution in [1.29, 1.82) is 0 Å². The quantitative estimate of drug-likeness (QED) is 0.720. The second-order valence-electron chi connectivity index (χ2n) is 3.39. The number of para-hydroxylation sites is 1. The Bertz CT molecular complexity index is 525. The highest BCUT2D eigenvalue weighted by atomic mass is 16.5. The van der Waals surface area contributed by atoms with Crippen molar-refractivity contribution in [3.8, 4) is 0 Å². The van der Waals surface area contributed by atoms with Crippen molar-refractivity contribution >= 4 is 17.0 Å². The lowest BCUT2D eigenvalue weighted by Gasteiger charge is -2.03. The van der Waals surface area contributed by atoms with Gasteiger partial charge in [-0.05, 0) is 19.1 Å². The topological polar surface area (TPSA) is 31.2 Å². The molecule has 0 aliphatic rings. The Morgan fingerprint density at radius 2 is 2.19 bits per heavy atom. The summed E-state index contributed by atoms with van der Waals surface area (Å²) >= 11 is 0. The molecule has 0 bridgehead atoms. The fourth-order valence-corrected chi connectivity index (χ4v) is 1.53. The molecule has 1 heterocycles. The van der Waals surface area contributed by atoms with Crippen LogP contribution < -0.4 is 0 Å². The molecule has 0 N–H and O–H groups in total. The number of aromatic nitrogens is 1. The van der Waals surface area contributed by atoms with Gasteiger partial charge in [-0.2, -0.15) is 0 Å². The number of hydrogen-bond acceptors (Lipinski definition) is 2. The summed E-state index contributed by atoms with van der Waals surface area (Å²) in [5.74, 6) is 0. The molecule has 0 aliphatic carbocycles. The maximum absolute atomic E-state index is 11.7. The molecule has 0 aliphatic heterocycles. The van der Waals surface area contributed by atoms with Gasteiger partial charge >= 0.3 is 6.09 Å². The molecule has 0 unspecified atom stereocenters. The molecule has 0 atom stereocenters. The Labute approximate surface area is 93.9 Å². The predicted octanol–water partition coefficient (Wildman–Crippen LogP) is 3.20. The van der Waals surface area contributed by atoms with Gasteiger partial charge in [0.2, 0.25) is 0 Å². The lowest BCUT2D eigenvalue weighted by atomic mass is 10.2. The molecule has 82 valence electrons. The van der Waals surface area contributed by atoms with Gasteiger partial charge in [0, 0.05) is 11.6 Å². The van der Waals surface area contributed by atoms with Crippen LogP contribution in [0.15, 0.2) is 48.7 Å². The molecule has 0 spiro atoms. The number of fused-ring (bicyclic) bond motifs is 1. The van der Waals surface area contributed by atoms with Crippen molar-refractivity contribution in [1.82, 2.24) is 4.57 Å². The number of nitrogens with zero attached hydrogens (tertiary/aromatic N) is 1. The minimum atomic E-state index is -0.348. The molecule has 0 fully saturated rings. The molecule has 2 aromatic rings. The van der Waals surface area contributed by atoms with Crippen molar-refractivity contribution in [2.75, 3.05) is 6.61 Å². The van der Waals surface area contributed by atoms with E-state index in [0.29, 0.717) is 6.61 Å². The second-order valence-corrected chi connectivity index (χ2v) is 3.39. The normalized spacial score (nSPS) is 11.1. The number of allylic oxidation sites excluding steroid dienone is 1. The van der Waals surface area contributed by atoms with Crippen molar-refractivity contribution in [3.05, 3.63) is 48.7 Å². The predicted molar refractivity (Wildman–Crippen MR) is 63.5 cm³/mol. The monoisotopic (exact) mass is 215 g/mol. The van der Waals surface area contributed by atoms with Gasteiger partial charge in [-0.15, -0.1) is 0 Å². The number of benzene rings is 1. The molecular formula is C13H13NO2. The van der Waals surface area contributed by atoms with Gasteiger partial charge < -0.3 is 4.74 Å². The van der Waals surface area contributed by atoms with E-state index in [9.17, 15) is 4.79 Å². The highest BCUT2D eigenvalue weighted by molar-refractivity contribution is 5.89. The Balaban J connectivity index is 2.23. The Morgan fingerprint density at radius 1 is 1.38 bits per heavy atom. The van der Waals surface area contributed by atoms with Gasteiger partial charge in [0.15, 0.2) is 0 Å². The van der Waals surface area contributed by atoms with E-state index in [2.05, 4.69) is 0 Å². The zero-order valence-corrected chi connectivity index (χ0v) is 9.09. The third-order valence-corrected chi connectivity index (χ3v) is 2.33.